The second-order valence-electron chi connectivity index (χ2n) is 6.22. The maximum Gasteiger partial charge on any atom is 0.191 e. The van der Waals surface area contributed by atoms with E-state index in [0.717, 1.165) is 24.6 Å². The van der Waals surface area contributed by atoms with Crippen LogP contribution in [0.4, 0.5) is 4.39 Å². The molecule has 0 radical (unpaired) electrons. The number of hydrogen-bond donors (Lipinski definition) is 2. The van der Waals surface area contributed by atoms with Crippen LogP contribution < -0.4 is 10.6 Å². The predicted molar refractivity (Wildman–Crippen MR) is 105 cm³/mol. The molecule has 0 aliphatic carbocycles. The van der Waals surface area contributed by atoms with Gasteiger partial charge in [0, 0.05) is 28.4 Å². The van der Waals surface area contributed by atoms with E-state index in [2.05, 4.69) is 34.7 Å². The van der Waals surface area contributed by atoms with E-state index in [4.69, 9.17) is 0 Å². The third kappa shape index (κ3) is 6.48. The van der Waals surface area contributed by atoms with Crippen LogP contribution in [0.3, 0.4) is 0 Å². The number of nitrogens with zero attached hydrogens (tertiary/aromatic N) is 2. The molecule has 1 heterocycles. The van der Waals surface area contributed by atoms with Crippen molar-refractivity contribution in [2.75, 3.05) is 20.6 Å². The van der Waals surface area contributed by atoms with Gasteiger partial charge in [-0.25, -0.2) is 9.38 Å². The molecule has 4 nitrogen and oxygen atoms in total. The summed E-state index contributed by atoms with van der Waals surface area (Å²) in [4.78, 5) is 9.16. The topological polar surface area (TPSA) is 39.7 Å². The average Bonchev–Trinajstić information content (AvgIpc) is 2.98. The molecular formula is C19H27FN4S. The zero-order valence-corrected chi connectivity index (χ0v) is 16.2. The van der Waals surface area contributed by atoms with Gasteiger partial charge in [0.2, 0.25) is 0 Å². The highest BCUT2D eigenvalue weighted by Crippen LogP contribution is 2.15. The number of guanidine groups is 1. The minimum atomic E-state index is -0.167. The average molecular weight is 363 g/mol. The van der Waals surface area contributed by atoms with Crippen LogP contribution in [0.5, 0.6) is 0 Å². The van der Waals surface area contributed by atoms with Crippen LogP contribution in [0.1, 0.15) is 27.8 Å². The molecule has 2 aromatic rings. The zero-order valence-electron chi connectivity index (χ0n) is 15.4. The Balaban J connectivity index is 2.02. The van der Waals surface area contributed by atoms with E-state index in [0.29, 0.717) is 18.7 Å². The van der Waals surface area contributed by atoms with Gasteiger partial charge in [0.05, 0.1) is 13.1 Å². The summed E-state index contributed by atoms with van der Waals surface area (Å²) in [5, 5.41) is 6.60. The molecule has 0 aliphatic heterocycles. The van der Waals surface area contributed by atoms with Crippen molar-refractivity contribution in [1.82, 2.24) is 15.5 Å². The first kappa shape index (κ1) is 19.4. The largest absolute Gasteiger partial charge is 0.357 e. The molecule has 2 N–H and O–H groups in total. The van der Waals surface area contributed by atoms with Gasteiger partial charge in [0.1, 0.15) is 5.82 Å². The van der Waals surface area contributed by atoms with Crippen LogP contribution in [0.15, 0.2) is 35.3 Å². The van der Waals surface area contributed by atoms with E-state index in [9.17, 15) is 4.39 Å². The summed E-state index contributed by atoms with van der Waals surface area (Å²) >= 11 is 1.78. The standard InChI is InChI=1S/C19H27FN4S/c1-5-21-19(23-12-17-8-6-14(2)25-17)22-11-15-7-9-18(20)16(10-15)13-24(3)4/h6-10H,5,11-13H2,1-4H3,(H2,21,22,23). The lowest BCUT2D eigenvalue weighted by atomic mass is 10.1. The minimum Gasteiger partial charge on any atom is -0.357 e. The summed E-state index contributed by atoms with van der Waals surface area (Å²) in [5.74, 6) is 0.603. The molecule has 0 atom stereocenters. The molecule has 1 aromatic carbocycles. The normalized spacial score (nSPS) is 11.8. The number of benzene rings is 1. The molecule has 0 saturated carbocycles. The first-order chi connectivity index (χ1) is 12.0. The van der Waals surface area contributed by atoms with Gasteiger partial charge in [-0.15, -0.1) is 11.3 Å². The zero-order chi connectivity index (χ0) is 18.2. The van der Waals surface area contributed by atoms with Crippen LogP contribution in [-0.2, 0) is 19.6 Å². The molecule has 0 amide bonds. The first-order valence-electron chi connectivity index (χ1n) is 8.47. The molecule has 0 unspecified atom stereocenters. The number of nitrogens with one attached hydrogen (secondary N) is 2. The van der Waals surface area contributed by atoms with Gasteiger partial charge in [-0.3, -0.25) is 0 Å². The van der Waals surface area contributed by atoms with Gasteiger partial charge in [0.15, 0.2) is 5.96 Å². The number of thiophene rings is 1. The minimum absolute atomic E-state index is 0.167. The fourth-order valence-corrected chi connectivity index (χ4v) is 3.28. The monoisotopic (exact) mass is 362 g/mol. The van der Waals surface area contributed by atoms with Gasteiger partial charge in [-0.05, 0) is 57.8 Å². The highest BCUT2D eigenvalue weighted by atomic mass is 32.1. The van der Waals surface area contributed by atoms with Crippen molar-refractivity contribution >= 4 is 17.3 Å². The van der Waals surface area contributed by atoms with Crippen LogP contribution in [0.2, 0.25) is 0 Å². The lowest BCUT2D eigenvalue weighted by Gasteiger charge is -2.13. The summed E-state index contributed by atoms with van der Waals surface area (Å²) in [7, 11) is 3.87. The Morgan fingerprint density at radius 1 is 1.20 bits per heavy atom. The Bertz CT molecular complexity index is 709. The third-order valence-corrected chi connectivity index (χ3v) is 4.59. The lowest BCUT2D eigenvalue weighted by molar-refractivity contribution is 0.392. The molecule has 0 bridgehead atoms. The Labute approximate surface area is 153 Å². The lowest BCUT2D eigenvalue weighted by Crippen LogP contribution is -2.36. The molecule has 0 saturated heterocycles. The van der Waals surface area contributed by atoms with Crippen molar-refractivity contribution in [3.05, 3.63) is 57.0 Å². The molecular weight excluding hydrogens is 335 g/mol. The predicted octanol–water partition coefficient (Wildman–Crippen LogP) is 3.51. The molecule has 1 aromatic heterocycles. The van der Waals surface area contributed by atoms with E-state index >= 15 is 0 Å². The number of rotatable bonds is 7. The van der Waals surface area contributed by atoms with Gasteiger partial charge >= 0.3 is 0 Å². The second kappa shape index (κ2) is 9.53. The quantitative estimate of drug-likeness (QED) is 0.585. The van der Waals surface area contributed by atoms with Crippen molar-refractivity contribution in [3.8, 4) is 0 Å². The maximum absolute atomic E-state index is 13.9. The highest BCUT2D eigenvalue weighted by molar-refractivity contribution is 7.11. The summed E-state index contributed by atoms with van der Waals surface area (Å²) < 4.78 is 13.9. The van der Waals surface area contributed by atoms with Gasteiger partial charge in [-0.1, -0.05) is 6.07 Å². The second-order valence-corrected chi connectivity index (χ2v) is 7.60. The molecule has 25 heavy (non-hydrogen) atoms. The van der Waals surface area contributed by atoms with E-state index < -0.39 is 0 Å². The van der Waals surface area contributed by atoms with Gasteiger partial charge in [-0.2, -0.15) is 0 Å². The molecule has 6 heteroatoms. The molecule has 136 valence electrons. The molecule has 0 aliphatic rings. The van der Waals surface area contributed by atoms with E-state index in [1.807, 2.05) is 32.0 Å². The SMILES string of the molecule is CCNC(=NCc1ccc(F)c(CN(C)C)c1)NCc1ccc(C)s1. The van der Waals surface area contributed by atoms with Crippen LogP contribution >= 0.6 is 11.3 Å². The van der Waals surface area contributed by atoms with Crippen molar-refractivity contribution in [1.29, 1.82) is 0 Å². The van der Waals surface area contributed by atoms with Crippen molar-refractivity contribution in [3.63, 3.8) is 0 Å². The fraction of sp³-hybridized carbons (Fsp3) is 0.421. The Morgan fingerprint density at radius 2 is 2.00 bits per heavy atom. The van der Waals surface area contributed by atoms with Crippen molar-refractivity contribution < 1.29 is 4.39 Å². The highest BCUT2D eigenvalue weighted by Gasteiger charge is 2.06. The Kier molecular flexibility index (Phi) is 7.40. The Morgan fingerprint density at radius 3 is 2.64 bits per heavy atom. The summed E-state index contributed by atoms with van der Waals surface area (Å²) in [5.41, 5.74) is 1.70. The number of aliphatic imine (C=N–C) groups is 1. The number of halogens is 1. The van der Waals surface area contributed by atoms with E-state index in [-0.39, 0.29) is 5.82 Å². The van der Waals surface area contributed by atoms with Gasteiger partial charge in [0.25, 0.3) is 0 Å². The van der Waals surface area contributed by atoms with E-state index in [1.165, 1.54) is 15.8 Å². The first-order valence-corrected chi connectivity index (χ1v) is 9.29. The number of aryl methyl sites for hydroxylation is 1. The Hall–Kier alpha value is -1.92. The fourth-order valence-electron chi connectivity index (χ4n) is 2.45. The summed E-state index contributed by atoms with van der Waals surface area (Å²) in [6, 6.07) is 9.47. The smallest absolute Gasteiger partial charge is 0.191 e. The maximum atomic E-state index is 13.9. The van der Waals surface area contributed by atoms with E-state index in [1.54, 1.807) is 17.4 Å². The van der Waals surface area contributed by atoms with Crippen molar-refractivity contribution in [2.24, 2.45) is 4.99 Å². The van der Waals surface area contributed by atoms with Crippen LogP contribution in [0.25, 0.3) is 0 Å². The van der Waals surface area contributed by atoms with Crippen LogP contribution in [0, 0.1) is 12.7 Å². The molecule has 0 spiro atoms. The summed E-state index contributed by atoms with van der Waals surface area (Å²) in [6.45, 7) is 6.79. The molecule has 0 fully saturated rings. The number of hydrogen-bond acceptors (Lipinski definition) is 3. The summed E-state index contributed by atoms with van der Waals surface area (Å²) in [6.07, 6.45) is 0. The third-order valence-electron chi connectivity index (χ3n) is 3.59. The molecule has 2 rings (SSSR count). The van der Waals surface area contributed by atoms with Gasteiger partial charge < -0.3 is 15.5 Å². The van der Waals surface area contributed by atoms with Crippen LogP contribution in [-0.4, -0.2) is 31.5 Å². The van der Waals surface area contributed by atoms with Crippen molar-refractivity contribution in [2.45, 2.75) is 33.5 Å².